The van der Waals surface area contributed by atoms with Gasteiger partial charge in [-0.2, -0.15) is 0 Å². The van der Waals surface area contributed by atoms with E-state index in [2.05, 4.69) is 52.5 Å². The number of hydrogen-bond donors (Lipinski definition) is 17. The minimum atomic E-state index is -1.79. The van der Waals surface area contributed by atoms with Crippen molar-refractivity contribution < 1.29 is 58.2 Å². The predicted molar refractivity (Wildman–Crippen MR) is 278 cm³/mol. The van der Waals surface area contributed by atoms with Gasteiger partial charge >= 0.3 is 0 Å². The number of rotatable bonds is 39. The van der Waals surface area contributed by atoms with Gasteiger partial charge in [0.25, 0.3) is 0 Å². The Morgan fingerprint density at radius 2 is 0.907 bits per heavy atom. The summed E-state index contributed by atoms with van der Waals surface area (Å²) in [6, 6.07) is -12.4. The van der Waals surface area contributed by atoms with Gasteiger partial charge in [0.05, 0.1) is 24.3 Å². The van der Waals surface area contributed by atoms with Crippen LogP contribution >= 0.6 is 0 Å². The zero-order chi connectivity index (χ0) is 57.4. The van der Waals surface area contributed by atoms with Crippen LogP contribution in [0.5, 0.6) is 0 Å². The Bertz CT molecular complexity index is 1910. The van der Waals surface area contributed by atoms with E-state index in [0.717, 1.165) is 6.92 Å². The fourth-order valence-corrected chi connectivity index (χ4v) is 6.93. The van der Waals surface area contributed by atoms with Crippen molar-refractivity contribution in [1.29, 1.82) is 0 Å². The first-order valence-corrected chi connectivity index (χ1v) is 24.9. The van der Waals surface area contributed by atoms with Crippen LogP contribution in [-0.2, 0) is 47.9 Å². The van der Waals surface area contributed by atoms with Gasteiger partial charge in [0.15, 0.2) is 11.9 Å². The van der Waals surface area contributed by atoms with Crippen LogP contribution in [0.15, 0.2) is 9.98 Å². The van der Waals surface area contributed by atoms with Crippen molar-refractivity contribution in [3.63, 3.8) is 0 Å². The van der Waals surface area contributed by atoms with Gasteiger partial charge in [0, 0.05) is 19.5 Å². The molecule has 0 aromatic carbocycles. The molecule has 0 saturated carbocycles. The maximum atomic E-state index is 14.1. The zero-order valence-electron chi connectivity index (χ0n) is 44.1. The van der Waals surface area contributed by atoms with Crippen LogP contribution in [0.3, 0.4) is 0 Å². The number of aliphatic hydroxyl groups excluding tert-OH is 2. The van der Waals surface area contributed by atoms with Crippen molar-refractivity contribution >= 4 is 71.4 Å². The van der Waals surface area contributed by atoms with Crippen LogP contribution in [0.25, 0.3) is 0 Å². The number of nitrogens with one attached hydrogen (secondary N) is 8. The Hall–Kier alpha value is -6.76. The zero-order valence-corrected chi connectivity index (χ0v) is 44.1. The molecule has 0 fully saturated rings. The fourth-order valence-electron chi connectivity index (χ4n) is 6.93. The number of amides is 9. The minimum Gasteiger partial charge on any atom is -0.391 e. The number of aliphatic hydroxyl groups is 2. The van der Waals surface area contributed by atoms with E-state index in [1.165, 1.54) is 20.8 Å². The van der Waals surface area contributed by atoms with Crippen molar-refractivity contribution in [3.05, 3.63) is 0 Å². The molecule has 0 aliphatic carbocycles. The van der Waals surface area contributed by atoms with Gasteiger partial charge in [-0.3, -0.25) is 53.1 Å². The van der Waals surface area contributed by atoms with Crippen molar-refractivity contribution in [2.45, 2.75) is 171 Å². The number of carbonyl (C=O) groups excluding carboxylic acids is 10. The Kier molecular flexibility index (Phi) is 33.7. The molecule has 0 aliphatic heterocycles. The number of hydrogen-bond acceptors (Lipinski definition) is 17. The lowest BCUT2D eigenvalue weighted by molar-refractivity contribution is -0.137. The quantitative estimate of drug-likeness (QED) is 0.0118. The summed E-state index contributed by atoms with van der Waals surface area (Å²) >= 11 is 0. The van der Waals surface area contributed by atoms with Crippen molar-refractivity contribution in [3.8, 4) is 0 Å². The Balaban J connectivity index is 6.56. The van der Waals surface area contributed by atoms with Crippen LogP contribution in [0.4, 0.5) is 0 Å². The van der Waals surface area contributed by atoms with E-state index >= 15 is 0 Å². The second kappa shape index (κ2) is 37.0. The summed E-state index contributed by atoms with van der Waals surface area (Å²) in [5.41, 5.74) is 38.2. The third-order valence-electron chi connectivity index (χ3n) is 11.2. The van der Waals surface area contributed by atoms with E-state index in [1.54, 1.807) is 0 Å². The molecule has 0 spiro atoms. The van der Waals surface area contributed by atoms with E-state index in [9.17, 15) is 58.2 Å². The molecular weight excluding hydrogens is 985 g/mol. The van der Waals surface area contributed by atoms with Gasteiger partial charge in [-0.1, -0.05) is 0 Å². The highest BCUT2D eigenvalue weighted by Crippen LogP contribution is 2.10. The first-order valence-electron chi connectivity index (χ1n) is 24.9. The molecule has 0 rings (SSSR count). The summed E-state index contributed by atoms with van der Waals surface area (Å²) in [7, 11) is 3.64. The molecule has 11 atom stereocenters. The number of nitrogens with zero attached hydrogens (tertiary/aromatic N) is 3. The summed E-state index contributed by atoms with van der Waals surface area (Å²) in [4.78, 5) is 142. The maximum absolute atomic E-state index is 14.1. The molecule has 0 aliphatic rings. The first-order chi connectivity index (χ1) is 35.1. The molecule has 30 nitrogen and oxygen atoms in total. The largest absolute Gasteiger partial charge is 0.391 e. The molecule has 0 aromatic rings. The van der Waals surface area contributed by atoms with E-state index < -0.39 is 133 Å². The summed E-state index contributed by atoms with van der Waals surface area (Å²) in [5, 5.41) is 41.1. The highest BCUT2D eigenvalue weighted by Gasteiger charge is 2.36. The number of guanidine groups is 2. The minimum absolute atomic E-state index is 0.00646. The molecule has 30 heteroatoms. The molecule has 9 amide bonds. The Morgan fingerprint density at radius 3 is 1.33 bits per heavy atom. The number of aliphatic imine (C=N–C) groups is 2. The monoisotopic (exact) mass is 1070 g/mol. The number of carbonyl (C=O) groups is 10. The summed E-state index contributed by atoms with van der Waals surface area (Å²) < 4.78 is 0. The van der Waals surface area contributed by atoms with Gasteiger partial charge in [0.2, 0.25) is 53.2 Å². The highest BCUT2D eigenvalue weighted by atomic mass is 16.3. The molecular formula is C45H86N18O12. The van der Waals surface area contributed by atoms with Gasteiger partial charge in [-0.05, 0) is 126 Å². The lowest BCUT2D eigenvalue weighted by atomic mass is 10.0. The van der Waals surface area contributed by atoms with E-state index in [1.807, 2.05) is 19.0 Å². The van der Waals surface area contributed by atoms with Crippen LogP contribution in [-0.4, -0.2) is 193 Å². The fraction of sp³-hybridized carbons (Fsp3) is 0.733. The average molecular weight is 1070 g/mol. The normalized spacial score (nSPS) is 15.5. The molecule has 0 bridgehead atoms. The lowest BCUT2D eigenvalue weighted by Crippen LogP contribution is -2.62. The third-order valence-corrected chi connectivity index (χ3v) is 11.2. The SMILES string of the molecule is C[C@H](N)C(=O)N[C@@H](CCCN=C(N)N)C(=O)N[C@H](C(=O)N[C@@H](CCCCN(C)C)C(=O)N[C@@H](CCC(N)=O)C(=O)N[C@H](C(=O)N[C@@H](C)C(=O)N[C@@H](CCCN=C(N)N)C(=O)N[C@H](C=O)CCCCN)[C@@H](C)O)[C@@H](C)O. The predicted octanol–water partition coefficient (Wildman–Crippen LogP) is -7.57. The first kappa shape index (κ1) is 68.2. The maximum Gasteiger partial charge on any atom is 0.245 e. The molecule has 0 aromatic heterocycles. The Labute approximate surface area is 437 Å². The number of nitrogens with two attached hydrogens (primary N) is 7. The molecule has 75 heavy (non-hydrogen) atoms. The lowest BCUT2D eigenvalue weighted by Gasteiger charge is -2.29. The number of unbranched alkanes of at least 4 members (excludes halogenated alkanes) is 2. The summed E-state index contributed by atoms with van der Waals surface area (Å²) in [6.07, 6.45) is -0.885. The highest BCUT2D eigenvalue weighted by molar-refractivity contribution is 5.98. The molecule has 24 N–H and O–H groups in total. The summed E-state index contributed by atoms with van der Waals surface area (Å²) in [6.45, 7) is 6.14. The van der Waals surface area contributed by atoms with E-state index in [0.29, 0.717) is 51.5 Å². The summed E-state index contributed by atoms with van der Waals surface area (Å²) in [5.74, 6) is -8.62. The Morgan fingerprint density at radius 1 is 0.507 bits per heavy atom. The standard InChI is InChI=1S/C45H86N18O12/c1-24(47)36(68)57-31(16-12-21-54-45(51)52)40(72)62-35(27(4)66)43(75)60-29(14-8-10-22-63(5)6)39(71)59-32(17-18-33(48)67)41(73)61-34(26(3)65)42(74)55-25(2)37(69)58-30(15-11-20-53-44(49)50)38(70)56-28(23-64)13-7-9-19-46/h23-32,34-35,65-66H,7-22,46-47H2,1-6H3,(H2,48,67)(H,55,74)(H,56,70)(H,57,68)(H,58,69)(H,59,71)(H,60,75)(H,61,73)(H,62,72)(H4,49,50,53)(H4,51,52,54)/t24-,25-,26+,27+,28-,29-,30-,31-,32-,34-,35-/m0/s1. The van der Waals surface area contributed by atoms with Crippen LogP contribution in [0.2, 0.25) is 0 Å². The number of aldehydes is 1. The van der Waals surface area contributed by atoms with Gasteiger partial charge in [-0.15, -0.1) is 0 Å². The smallest absolute Gasteiger partial charge is 0.245 e. The van der Waals surface area contributed by atoms with E-state index in [4.69, 9.17) is 40.1 Å². The topological polar surface area (TPSA) is 517 Å². The van der Waals surface area contributed by atoms with Gasteiger partial charge in [0.1, 0.15) is 48.6 Å². The number of primary amides is 1. The van der Waals surface area contributed by atoms with Crippen LogP contribution in [0, 0.1) is 0 Å². The molecule has 0 unspecified atom stereocenters. The van der Waals surface area contributed by atoms with E-state index in [-0.39, 0.29) is 57.1 Å². The van der Waals surface area contributed by atoms with Crippen molar-refractivity contribution in [2.24, 2.45) is 50.1 Å². The van der Waals surface area contributed by atoms with Crippen molar-refractivity contribution in [1.82, 2.24) is 47.4 Å². The molecule has 0 radical (unpaired) electrons. The average Bonchev–Trinajstić information content (AvgIpc) is 3.32. The van der Waals surface area contributed by atoms with Gasteiger partial charge in [-0.25, -0.2) is 0 Å². The molecule has 0 heterocycles. The van der Waals surface area contributed by atoms with Gasteiger partial charge < -0.3 is 103 Å². The van der Waals surface area contributed by atoms with Crippen LogP contribution < -0.4 is 82.7 Å². The van der Waals surface area contributed by atoms with Crippen molar-refractivity contribution in [2.75, 3.05) is 40.3 Å². The molecule has 428 valence electrons. The third kappa shape index (κ3) is 29.7. The second-order valence-electron chi connectivity index (χ2n) is 18.5. The second-order valence-corrected chi connectivity index (χ2v) is 18.5. The molecule has 0 saturated heterocycles. The van der Waals surface area contributed by atoms with Crippen LogP contribution in [0.1, 0.15) is 105 Å².